The molecule has 4 aromatic rings. The lowest BCUT2D eigenvalue weighted by atomic mass is 10.1. The molecule has 200 valence electrons. The maximum Gasteiger partial charge on any atom is 0.407 e. The zero-order chi connectivity index (χ0) is 27.5. The van der Waals surface area contributed by atoms with E-state index in [-0.39, 0.29) is 25.4 Å². The number of carbonyl (C=O) groups excluding carboxylic acids is 1. The van der Waals surface area contributed by atoms with Crippen LogP contribution in [-0.2, 0) is 24.2 Å². The minimum absolute atomic E-state index is 0.0139. The van der Waals surface area contributed by atoms with Gasteiger partial charge in [0.2, 0.25) is 11.8 Å². The van der Waals surface area contributed by atoms with Crippen molar-refractivity contribution in [1.82, 2.24) is 9.88 Å². The number of pyridine rings is 1. The zero-order valence-corrected chi connectivity index (χ0v) is 21.4. The Morgan fingerprint density at radius 1 is 0.846 bits per heavy atom. The Hall–Kier alpha value is -4.69. The van der Waals surface area contributed by atoms with E-state index < -0.39 is 12.2 Å². The Morgan fingerprint density at radius 3 is 2.23 bits per heavy atom. The largest absolute Gasteiger partial charge is 0.473 e. The molecule has 0 aliphatic carbocycles. The summed E-state index contributed by atoms with van der Waals surface area (Å²) in [5, 5.41) is 22.8. The van der Waals surface area contributed by atoms with Crippen LogP contribution in [0.4, 0.5) is 10.5 Å². The van der Waals surface area contributed by atoms with Crippen LogP contribution >= 0.6 is 0 Å². The molecule has 3 aromatic carbocycles. The molecule has 1 unspecified atom stereocenters. The number of aliphatic hydroxyl groups excluding tert-OH is 1. The monoisotopic (exact) mass is 525 g/mol. The van der Waals surface area contributed by atoms with Crippen LogP contribution < -0.4 is 10.1 Å². The fraction of sp³-hybridized carbons (Fsp3) is 0.194. The van der Waals surface area contributed by atoms with Crippen LogP contribution in [0.15, 0.2) is 103 Å². The van der Waals surface area contributed by atoms with E-state index >= 15 is 0 Å². The highest BCUT2D eigenvalue weighted by atomic mass is 16.5. The molecule has 0 radical (unpaired) electrons. The van der Waals surface area contributed by atoms with Crippen molar-refractivity contribution in [1.29, 1.82) is 0 Å². The Balaban J connectivity index is 1.25. The molecule has 4 rings (SSSR count). The molecule has 0 aliphatic rings. The number of aromatic nitrogens is 1. The van der Waals surface area contributed by atoms with Gasteiger partial charge in [0.15, 0.2) is 0 Å². The van der Waals surface area contributed by atoms with Crippen LogP contribution in [0, 0.1) is 0 Å². The highest BCUT2D eigenvalue weighted by molar-refractivity contribution is 5.92. The number of hydrogen-bond acceptors (Lipinski definition) is 5. The first-order valence-corrected chi connectivity index (χ1v) is 12.7. The molecule has 39 heavy (non-hydrogen) atoms. The number of ether oxygens (including phenoxy) is 1. The Labute approximate surface area is 227 Å². The molecule has 1 atom stereocenters. The molecule has 0 saturated carbocycles. The van der Waals surface area contributed by atoms with Gasteiger partial charge >= 0.3 is 6.09 Å². The number of anilines is 1. The van der Waals surface area contributed by atoms with Crippen LogP contribution in [0.2, 0.25) is 0 Å². The van der Waals surface area contributed by atoms with Crippen LogP contribution in [0.1, 0.15) is 28.5 Å². The summed E-state index contributed by atoms with van der Waals surface area (Å²) in [6, 6.07) is 31.4. The van der Waals surface area contributed by atoms with Crippen molar-refractivity contribution in [2.24, 2.45) is 0 Å². The van der Waals surface area contributed by atoms with Crippen LogP contribution in [-0.4, -0.2) is 45.2 Å². The molecule has 0 bridgehead atoms. The van der Waals surface area contributed by atoms with Gasteiger partial charge in [0.1, 0.15) is 6.61 Å². The molecule has 1 aromatic heterocycles. The van der Waals surface area contributed by atoms with E-state index in [0.29, 0.717) is 35.9 Å². The van der Waals surface area contributed by atoms with Gasteiger partial charge in [-0.3, -0.25) is 4.79 Å². The first-order chi connectivity index (χ1) is 19.0. The minimum atomic E-state index is -1.09. The molecule has 0 aliphatic heterocycles. The summed E-state index contributed by atoms with van der Waals surface area (Å²) < 4.78 is 5.75. The zero-order valence-electron chi connectivity index (χ0n) is 21.4. The number of aliphatic hydroxyl groups is 1. The number of nitrogens with zero attached hydrogens (tertiary/aromatic N) is 2. The first-order valence-electron chi connectivity index (χ1n) is 12.7. The standard InChI is InChI=1S/C31H31N3O5/c35-28(25-10-5-2-6-11-25)21-34(31(37)38)19-18-23-14-16-26(17-15-23)32-29(36)20-27-12-7-13-30(33-27)39-22-24-8-3-1-4-9-24/h1-17,28,35H,18-22H2,(H,32,36)(H,37,38). The van der Waals surface area contributed by atoms with Gasteiger partial charge in [-0.25, -0.2) is 9.78 Å². The summed E-state index contributed by atoms with van der Waals surface area (Å²) in [5.41, 5.74) is 3.85. The topological polar surface area (TPSA) is 112 Å². The fourth-order valence-electron chi connectivity index (χ4n) is 4.01. The lowest BCUT2D eigenvalue weighted by Crippen LogP contribution is -2.35. The van der Waals surface area contributed by atoms with Crippen LogP contribution in [0.3, 0.4) is 0 Å². The van der Waals surface area contributed by atoms with E-state index in [4.69, 9.17) is 4.74 Å². The van der Waals surface area contributed by atoms with Gasteiger partial charge in [-0.1, -0.05) is 78.9 Å². The van der Waals surface area contributed by atoms with Crippen molar-refractivity contribution >= 4 is 17.7 Å². The lowest BCUT2D eigenvalue weighted by molar-refractivity contribution is -0.115. The Morgan fingerprint density at radius 2 is 1.54 bits per heavy atom. The number of amides is 2. The van der Waals surface area contributed by atoms with Gasteiger partial charge in [0.05, 0.1) is 24.8 Å². The van der Waals surface area contributed by atoms with Crippen molar-refractivity contribution in [3.05, 3.63) is 126 Å². The van der Waals surface area contributed by atoms with Gasteiger partial charge in [0, 0.05) is 18.3 Å². The molecular formula is C31H31N3O5. The van der Waals surface area contributed by atoms with E-state index in [1.165, 1.54) is 4.90 Å². The van der Waals surface area contributed by atoms with Crippen LogP contribution in [0.5, 0.6) is 5.88 Å². The number of nitrogens with one attached hydrogen (secondary N) is 1. The van der Waals surface area contributed by atoms with Gasteiger partial charge in [0.25, 0.3) is 0 Å². The third-order valence-electron chi connectivity index (χ3n) is 6.11. The first kappa shape index (κ1) is 27.3. The van der Waals surface area contributed by atoms with E-state index in [2.05, 4.69) is 10.3 Å². The molecule has 0 spiro atoms. The third-order valence-corrected chi connectivity index (χ3v) is 6.11. The van der Waals surface area contributed by atoms with Crippen molar-refractivity contribution in [3.8, 4) is 5.88 Å². The summed E-state index contributed by atoms with van der Waals surface area (Å²) in [7, 11) is 0. The minimum Gasteiger partial charge on any atom is -0.473 e. The summed E-state index contributed by atoms with van der Waals surface area (Å²) in [5.74, 6) is 0.252. The molecular weight excluding hydrogens is 494 g/mol. The number of hydrogen-bond donors (Lipinski definition) is 3. The van der Waals surface area contributed by atoms with Crippen molar-refractivity contribution < 1.29 is 24.5 Å². The summed E-state index contributed by atoms with van der Waals surface area (Å²) >= 11 is 0. The number of carbonyl (C=O) groups is 2. The normalized spacial score (nSPS) is 11.4. The van der Waals surface area contributed by atoms with Gasteiger partial charge in [-0.15, -0.1) is 0 Å². The summed E-state index contributed by atoms with van der Waals surface area (Å²) in [6.07, 6.45) is -1.41. The SMILES string of the molecule is O=C(Cc1cccc(OCc2ccccc2)n1)Nc1ccc(CCN(CC(O)c2ccccc2)C(=O)O)cc1. The quantitative estimate of drug-likeness (QED) is 0.237. The predicted octanol–water partition coefficient (Wildman–Crippen LogP) is 5.10. The summed E-state index contributed by atoms with van der Waals surface area (Å²) in [6.45, 7) is 0.618. The van der Waals surface area contributed by atoms with Crippen molar-refractivity contribution in [3.63, 3.8) is 0 Å². The molecule has 8 heteroatoms. The molecule has 8 nitrogen and oxygen atoms in total. The number of rotatable bonds is 12. The van der Waals surface area contributed by atoms with Crippen molar-refractivity contribution in [2.75, 3.05) is 18.4 Å². The lowest BCUT2D eigenvalue weighted by Gasteiger charge is -2.22. The Bertz CT molecular complexity index is 1350. The molecule has 1 heterocycles. The molecule has 0 fully saturated rings. The average Bonchev–Trinajstić information content (AvgIpc) is 2.96. The maximum atomic E-state index is 12.6. The van der Waals surface area contributed by atoms with Gasteiger partial charge in [-0.05, 0) is 41.3 Å². The highest BCUT2D eigenvalue weighted by Crippen LogP contribution is 2.16. The predicted molar refractivity (Wildman–Crippen MR) is 148 cm³/mol. The van der Waals surface area contributed by atoms with Crippen LogP contribution in [0.25, 0.3) is 0 Å². The summed E-state index contributed by atoms with van der Waals surface area (Å²) in [4.78, 5) is 29.9. The van der Waals surface area contributed by atoms with Crippen molar-refractivity contribution in [2.45, 2.75) is 25.6 Å². The molecule has 3 N–H and O–H groups in total. The van der Waals surface area contributed by atoms with E-state index in [1.807, 2.05) is 54.6 Å². The fourth-order valence-corrected chi connectivity index (χ4v) is 4.01. The maximum absolute atomic E-state index is 12.6. The Kier molecular flexibility index (Phi) is 9.63. The van der Waals surface area contributed by atoms with E-state index in [0.717, 1.165) is 11.1 Å². The molecule has 2 amide bonds. The highest BCUT2D eigenvalue weighted by Gasteiger charge is 2.18. The van der Waals surface area contributed by atoms with Gasteiger partial charge < -0.3 is 25.2 Å². The second-order valence-corrected chi connectivity index (χ2v) is 9.07. The van der Waals surface area contributed by atoms with Gasteiger partial charge in [-0.2, -0.15) is 0 Å². The second kappa shape index (κ2) is 13.7. The average molecular weight is 526 g/mol. The van der Waals surface area contributed by atoms with E-state index in [9.17, 15) is 19.8 Å². The number of benzene rings is 3. The second-order valence-electron chi connectivity index (χ2n) is 9.07. The number of carboxylic acid groups (broad SMARTS) is 1. The third kappa shape index (κ3) is 8.69. The van der Waals surface area contributed by atoms with E-state index in [1.54, 1.807) is 48.5 Å². The molecule has 0 saturated heterocycles. The smallest absolute Gasteiger partial charge is 0.407 e.